The summed E-state index contributed by atoms with van der Waals surface area (Å²) < 4.78 is 5.09. The van der Waals surface area contributed by atoms with Crippen molar-refractivity contribution < 1.29 is 14.3 Å². The molecule has 35 heavy (non-hydrogen) atoms. The molecule has 1 amide bonds. The number of aryl methyl sites for hydroxylation is 1. The number of benzene rings is 2. The molecule has 0 spiro atoms. The van der Waals surface area contributed by atoms with E-state index in [0.29, 0.717) is 56.0 Å². The zero-order valence-electron chi connectivity index (χ0n) is 19.9. The number of esters is 1. The van der Waals surface area contributed by atoms with Gasteiger partial charge >= 0.3 is 5.97 Å². The Morgan fingerprint density at radius 2 is 1.63 bits per heavy atom. The van der Waals surface area contributed by atoms with Gasteiger partial charge in [0.05, 0.1) is 12.5 Å². The molecule has 3 aromatic rings. The minimum absolute atomic E-state index is 0.171. The first-order valence-corrected chi connectivity index (χ1v) is 11.8. The number of hydrogen-bond donors (Lipinski definition) is 2. The molecule has 1 fully saturated rings. The van der Waals surface area contributed by atoms with Crippen LogP contribution in [0.4, 0.5) is 17.1 Å². The van der Waals surface area contributed by atoms with Crippen LogP contribution in [0.1, 0.15) is 41.3 Å². The molecule has 0 atom stereocenters. The molecule has 0 saturated carbocycles. The van der Waals surface area contributed by atoms with Gasteiger partial charge in [0.25, 0.3) is 16.8 Å². The minimum atomic E-state index is -0.526. The predicted octanol–water partition coefficient (Wildman–Crippen LogP) is 3.23. The number of carbonyl (C=O) groups excluding carboxylic acids is 2. The van der Waals surface area contributed by atoms with Gasteiger partial charge in [-0.25, -0.2) is 0 Å². The van der Waals surface area contributed by atoms with Crippen LogP contribution in [0.2, 0.25) is 0 Å². The van der Waals surface area contributed by atoms with Crippen LogP contribution < -0.4 is 26.4 Å². The molecule has 1 heterocycles. The van der Waals surface area contributed by atoms with E-state index in [1.165, 1.54) is 0 Å². The normalized spacial score (nSPS) is 14.1. The standard InChI is InChI=1S/C27H29N3O5/c1-3-35-27(34)20-12-14-30(15-13-20)23-22(24(31)25(23)32)28-16-18-6-8-19(9-7-18)26(33)29-21-10-4-17(2)5-11-21/h4-11,20,28H,3,12-16H2,1-2H3,(H,29,33). The summed E-state index contributed by atoms with van der Waals surface area (Å²) in [6.07, 6.45) is 1.17. The molecule has 1 saturated heterocycles. The SMILES string of the molecule is CCOC(=O)C1CCN(c2c(NCc3ccc(C(=O)Nc4ccc(C)cc4)cc3)c(=O)c2=O)CC1. The quantitative estimate of drug-likeness (QED) is 0.381. The van der Waals surface area contributed by atoms with Crippen molar-refractivity contribution in [2.45, 2.75) is 33.2 Å². The summed E-state index contributed by atoms with van der Waals surface area (Å²) in [5, 5.41) is 5.95. The summed E-state index contributed by atoms with van der Waals surface area (Å²) in [6, 6.07) is 14.7. The fourth-order valence-electron chi connectivity index (χ4n) is 4.25. The van der Waals surface area contributed by atoms with Gasteiger partial charge in [-0.05, 0) is 56.5 Å². The summed E-state index contributed by atoms with van der Waals surface area (Å²) in [5.41, 5.74) is 2.92. The molecule has 0 radical (unpaired) electrons. The molecule has 1 aliphatic rings. The summed E-state index contributed by atoms with van der Waals surface area (Å²) in [6.45, 7) is 5.50. The first-order valence-electron chi connectivity index (χ1n) is 11.8. The van der Waals surface area contributed by atoms with E-state index >= 15 is 0 Å². The first-order chi connectivity index (χ1) is 16.9. The van der Waals surface area contributed by atoms with Gasteiger partial charge in [0.15, 0.2) is 0 Å². The van der Waals surface area contributed by atoms with Gasteiger partial charge in [0.1, 0.15) is 11.4 Å². The lowest BCUT2D eigenvalue weighted by Crippen LogP contribution is -2.46. The molecule has 0 aromatic heterocycles. The molecular weight excluding hydrogens is 446 g/mol. The van der Waals surface area contributed by atoms with Crippen molar-refractivity contribution >= 4 is 28.9 Å². The number of ether oxygens (including phenoxy) is 1. The van der Waals surface area contributed by atoms with Crippen LogP contribution >= 0.6 is 0 Å². The van der Waals surface area contributed by atoms with Gasteiger partial charge in [-0.3, -0.25) is 19.2 Å². The predicted molar refractivity (Wildman–Crippen MR) is 136 cm³/mol. The third-order valence-corrected chi connectivity index (χ3v) is 6.31. The highest BCUT2D eigenvalue weighted by atomic mass is 16.5. The second-order valence-electron chi connectivity index (χ2n) is 8.77. The van der Waals surface area contributed by atoms with Crippen LogP contribution in [0, 0.1) is 12.8 Å². The zero-order valence-corrected chi connectivity index (χ0v) is 19.9. The van der Waals surface area contributed by atoms with Crippen molar-refractivity contribution in [1.82, 2.24) is 0 Å². The molecule has 182 valence electrons. The average Bonchev–Trinajstić information content (AvgIpc) is 2.88. The zero-order chi connectivity index (χ0) is 24.9. The molecule has 0 bridgehead atoms. The number of rotatable bonds is 8. The number of nitrogens with one attached hydrogen (secondary N) is 2. The first kappa shape index (κ1) is 24.2. The molecule has 8 nitrogen and oxygen atoms in total. The summed E-state index contributed by atoms with van der Waals surface area (Å²) in [5.74, 6) is -0.577. The number of nitrogens with zero attached hydrogens (tertiary/aromatic N) is 1. The molecule has 1 aliphatic heterocycles. The Balaban J connectivity index is 1.34. The topological polar surface area (TPSA) is 105 Å². The van der Waals surface area contributed by atoms with Crippen molar-refractivity contribution in [3.05, 3.63) is 85.7 Å². The van der Waals surface area contributed by atoms with E-state index in [-0.39, 0.29) is 17.8 Å². The highest BCUT2D eigenvalue weighted by Crippen LogP contribution is 2.27. The fourth-order valence-corrected chi connectivity index (χ4v) is 4.25. The fraction of sp³-hybridized carbons (Fsp3) is 0.333. The molecule has 0 unspecified atom stereocenters. The monoisotopic (exact) mass is 475 g/mol. The molecule has 3 aromatic carbocycles. The number of piperidine rings is 1. The van der Waals surface area contributed by atoms with E-state index in [2.05, 4.69) is 10.6 Å². The van der Waals surface area contributed by atoms with Crippen LogP contribution in [-0.4, -0.2) is 31.6 Å². The van der Waals surface area contributed by atoms with E-state index < -0.39 is 10.9 Å². The second kappa shape index (κ2) is 10.5. The number of anilines is 3. The summed E-state index contributed by atoms with van der Waals surface area (Å²) in [4.78, 5) is 50.8. The lowest BCUT2D eigenvalue weighted by atomic mass is 9.96. The van der Waals surface area contributed by atoms with E-state index in [9.17, 15) is 19.2 Å². The van der Waals surface area contributed by atoms with Crippen molar-refractivity contribution in [2.24, 2.45) is 5.92 Å². The number of carbonyl (C=O) groups is 2. The van der Waals surface area contributed by atoms with Gasteiger partial charge in [-0.1, -0.05) is 29.8 Å². The van der Waals surface area contributed by atoms with Crippen LogP contribution in [-0.2, 0) is 16.1 Å². The van der Waals surface area contributed by atoms with Crippen LogP contribution in [0.5, 0.6) is 0 Å². The Hall–Kier alpha value is -3.94. The third kappa shape index (κ3) is 5.42. The third-order valence-electron chi connectivity index (χ3n) is 6.31. The van der Waals surface area contributed by atoms with Crippen molar-refractivity contribution in [3.8, 4) is 0 Å². The largest absolute Gasteiger partial charge is 0.466 e. The van der Waals surface area contributed by atoms with E-state index in [4.69, 9.17) is 4.74 Å². The highest BCUT2D eigenvalue weighted by Gasteiger charge is 2.31. The molecule has 0 aliphatic carbocycles. The smallest absolute Gasteiger partial charge is 0.309 e. The van der Waals surface area contributed by atoms with Crippen molar-refractivity contribution in [1.29, 1.82) is 0 Å². The number of hydrogen-bond acceptors (Lipinski definition) is 7. The van der Waals surface area contributed by atoms with Crippen LogP contribution in [0.3, 0.4) is 0 Å². The maximum atomic E-state index is 12.5. The van der Waals surface area contributed by atoms with Gasteiger partial charge in [0, 0.05) is 30.9 Å². The molecular formula is C27H29N3O5. The maximum Gasteiger partial charge on any atom is 0.309 e. The Bertz CT molecular complexity index is 1270. The summed E-state index contributed by atoms with van der Waals surface area (Å²) >= 11 is 0. The van der Waals surface area contributed by atoms with Crippen LogP contribution in [0.25, 0.3) is 0 Å². The molecule has 8 heteroatoms. The average molecular weight is 476 g/mol. The Morgan fingerprint density at radius 3 is 2.26 bits per heavy atom. The minimum Gasteiger partial charge on any atom is -0.466 e. The van der Waals surface area contributed by atoms with E-state index in [1.54, 1.807) is 19.1 Å². The Kier molecular flexibility index (Phi) is 7.29. The van der Waals surface area contributed by atoms with E-state index in [1.807, 2.05) is 48.2 Å². The molecule has 2 N–H and O–H groups in total. The van der Waals surface area contributed by atoms with Gasteiger partial charge in [-0.15, -0.1) is 0 Å². The van der Waals surface area contributed by atoms with E-state index in [0.717, 1.165) is 16.8 Å². The Labute approximate surface area is 203 Å². The highest BCUT2D eigenvalue weighted by molar-refractivity contribution is 6.04. The lowest BCUT2D eigenvalue weighted by molar-refractivity contribution is -0.148. The Morgan fingerprint density at radius 1 is 0.971 bits per heavy atom. The van der Waals surface area contributed by atoms with Gasteiger partial charge < -0.3 is 20.3 Å². The van der Waals surface area contributed by atoms with Crippen molar-refractivity contribution in [3.63, 3.8) is 0 Å². The number of amides is 1. The van der Waals surface area contributed by atoms with Gasteiger partial charge in [0.2, 0.25) is 0 Å². The summed E-state index contributed by atoms with van der Waals surface area (Å²) in [7, 11) is 0. The van der Waals surface area contributed by atoms with Gasteiger partial charge in [-0.2, -0.15) is 0 Å². The van der Waals surface area contributed by atoms with Crippen molar-refractivity contribution in [2.75, 3.05) is 35.2 Å². The maximum absolute atomic E-state index is 12.5. The molecule has 4 rings (SSSR count). The lowest BCUT2D eigenvalue weighted by Gasteiger charge is -2.34. The van der Waals surface area contributed by atoms with Crippen LogP contribution in [0.15, 0.2) is 58.1 Å². The second-order valence-corrected chi connectivity index (χ2v) is 8.77.